The molecule has 98 valence electrons. The lowest BCUT2D eigenvalue weighted by atomic mass is 10.0. The Morgan fingerprint density at radius 3 is 3.05 bits per heavy atom. The molecular weight excluding hydrogens is 251 g/mol. The normalized spacial score (nSPS) is 12.4. The number of fused-ring (bicyclic) bond motifs is 3. The lowest BCUT2D eigenvalue weighted by Gasteiger charge is -2.18. The van der Waals surface area contributed by atoms with E-state index in [1.165, 1.54) is 19.2 Å². The summed E-state index contributed by atoms with van der Waals surface area (Å²) in [7, 11) is 2.99. The zero-order chi connectivity index (χ0) is 13.6. The highest BCUT2D eigenvalue weighted by Gasteiger charge is 2.29. The fourth-order valence-electron chi connectivity index (χ4n) is 2.27. The number of hydrogen-bond donors (Lipinski definition) is 0. The Morgan fingerprint density at radius 2 is 2.32 bits per heavy atom. The van der Waals surface area contributed by atoms with Crippen molar-refractivity contribution in [2.75, 3.05) is 7.11 Å². The molecule has 0 saturated heterocycles. The van der Waals surface area contributed by atoms with E-state index in [4.69, 9.17) is 4.74 Å². The van der Waals surface area contributed by atoms with Crippen molar-refractivity contribution in [1.82, 2.24) is 9.78 Å². The van der Waals surface area contributed by atoms with Gasteiger partial charge in [0.15, 0.2) is 5.69 Å². The topological polar surface area (TPSA) is 53.3 Å². The summed E-state index contributed by atoms with van der Waals surface area (Å²) in [6.45, 7) is 0.215. The maximum atomic E-state index is 13.4. The maximum Gasteiger partial charge on any atom is 0.359 e. The number of hydrogen-bond acceptors (Lipinski definition) is 4. The number of aryl methyl sites for hydroxylation is 1. The van der Waals surface area contributed by atoms with Crippen LogP contribution in [0.5, 0.6) is 5.75 Å². The largest absolute Gasteiger partial charge is 0.488 e. The van der Waals surface area contributed by atoms with Gasteiger partial charge in [0.2, 0.25) is 0 Å². The van der Waals surface area contributed by atoms with Crippen LogP contribution in [0.3, 0.4) is 0 Å². The van der Waals surface area contributed by atoms with Gasteiger partial charge >= 0.3 is 5.97 Å². The Bertz CT molecular complexity index is 679. The summed E-state index contributed by atoms with van der Waals surface area (Å²) in [5, 5.41) is 4.13. The Balaban J connectivity index is 2.24. The van der Waals surface area contributed by atoms with E-state index in [0.717, 1.165) is 0 Å². The zero-order valence-corrected chi connectivity index (χ0v) is 10.4. The molecule has 0 amide bonds. The van der Waals surface area contributed by atoms with E-state index in [1.807, 2.05) is 0 Å². The number of carbonyl (C=O) groups excluding carboxylic acids is 1. The molecule has 1 aromatic carbocycles. The molecule has 0 spiro atoms. The predicted octanol–water partition coefficient (Wildman–Crippen LogP) is 1.91. The van der Waals surface area contributed by atoms with Crippen LogP contribution < -0.4 is 4.74 Å². The van der Waals surface area contributed by atoms with Gasteiger partial charge in [-0.15, -0.1) is 0 Å². The van der Waals surface area contributed by atoms with Crippen molar-refractivity contribution < 1.29 is 18.7 Å². The van der Waals surface area contributed by atoms with Crippen LogP contribution in [0.1, 0.15) is 16.1 Å². The van der Waals surface area contributed by atoms with Crippen LogP contribution in [0.4, 0.5) is 4.39 Å². The quantitative estimate of drug-likeness (QED) is 0.737. The first kappa shape index (κ1) is 11.7. The number of benzene rings is 1. The van der Waals surface area contributed by atoms with Crippen molar-refractivity contribution >= 4 is 5.97 Å². The van der Waals surface area contributed by atoms with Gasteiger partial charge in [-0.05, 0) is 18.2 Å². The van der Waals surface area contributed by atoms with E-state index in [9.17, 15) is 9.18 Å². The molecule has 0 aliphatic carbocycles. The summed E-state index contributed by atoms with van der Waals surface area (Å²) < 4.78 is 25.1. The molecule has 2 heterocycles. The average molecular weight is 262 g/mol. The number of esters is 1. The number of carbonyl (C=O) groups is 1. The summed E-state index contributed by atoms with van der Waals surface area (Å²) in [6.07, 6.45) is 0. The molecule has 19 heavy (non-hydrogen) atoms. The van der Waals surface area contributed by atoms with Crippen molar-refractivity contribution in [1.29, 1.82) is 0 Å². The van der Waals surface area contributed by atoms with Gasteiger partial charge in [-0.25, -0.2) is 9.18 Å². The smallest absolute Gasteiger partial charge is 0.359 e. The Labute approximate surface area is 108 Å². The molecule has 0 unspecified atom stereocenters. The summed E-state index contributed by atoms with van der Waals surface area (Å²) in [4.78, 5) is 11.6. The van der Waals surface area contributed by atoms with Crippen LogP contribution in [0.15, 0.2) is 18.2 Å². The molecule has 0 radical (unpaired) electrons. The first-order valence-electron chi connectivity index (χ1n) is 5.68. The third-order valence-corrected chi connectivity index (χ3v) is 3.09. The lowest BCUT2D eigenvalue weighted by Crippen LogP contribution is -2.10. The van der Waals surface area contributed by atoms with Crippen LogP contribution >= 0.6 is 0 Å². The number of rotatable bonds is 1. The van der Waals surface area contributed by atoms with E-state index < -0.39 is 5.97 Å². The highest BCUT2D eigenvalue weighted by molar-refractivity contribution is 5.92. The van der Waals surface area contributed by atoms with Gasteiger partial charge in [0.05, 0.1) is 18.4 Å². The molecule has 0 fully saturated rings. The molecule has 3 rings (SSSR count). The molecule has 0 saturated carbocycles. The van der Waals surface area contributed by atoms with Gasteiger partial charge in [-0.3, -0.25) is 4.68 Å². The number of methoxy groups -OCH3 is 1. The van der Waals surface area contributed by atoms with Crippen molar-refractivity contribution in [3.8, 4) is 17.0 Å². The molecule has 1 aliphatic heterocycles. The Kier molecular flexibility index (Phi) is 2.51. The molecule has 1 aromatic heterocycles. The molecule has 0 N–H and O–H groups in total. The number of aromatic nitrogens is 2. The fraction of sp³-hybridized carbons (Fsp3) is 0.231. The van der Waals surface area contributed by atoms with Crippen molar-refractivity contribution in [2.45, 2.75) is 6.61 Å². The SMILES string of the molecule is COC(=O)c1nn(C)c2c1COc1ccc(F)cc1-2. The van der Waals surface area contributed by atoms with Gasteiger partial charge in [0, 0.05) is 12.6 Å². The minimum absolute atomic E-state index is 0.204. The predicted molar refractivity (Wildman–Crippen MR) is 64.3 cm³/mol. The second-order valence-electron chi connectivity index (χ2n) is 4.22. The molecule has 2 aromatic rings. The molecule has 0 bridgehead atoms. The van der Waals surface area contributed by atoms with Crippen molar-refractivity contribution in [3.05, 3.63) is 35.3 Å². The van der Waals surface area contributed by atoms with Gasteiger partial charge in [0.1, 0.15) is 18.2 Å². The first-order chi connectivity index (χ1) is 9.11. The minimum atomic E-state index is -0.527. The monoisotopic (exact) mass is 262 g/mol. The Hall–Kier alpha value is -2.37. The fourth-order valence-corrected chi connectivity index (χ4v) is 2.27. The molecule has 6 heteroatoms. The summed E-state index contributed by atoms with van der Waals surface area (Å²) in [5.41, 5.74) is 2.09. The van der Waals surface area contributed by atoms with E-state index in [-0.39, 0.29) is 18.1 Å². The standard InChI is InChI=1S/C13H11FN2O3/c1-16-12-8-5-7(14)3-4-10(8)19-6-9(12)11(15-16)13(17)18-2/h3-5H,6H2,1-2H3. The van der Waals surface area contributed by atoms with Crippen LogP contribution in [-0.4, -0.2) is 22.9 Å². The first-order valence-corrected chi connectivity index (χ1v) is 5.68. The van der Waals surface area contributed by atoms with Gasteiger partial charge in [-0.1, -0.05) is 0 Å². The third-order valence-electron chi connectivity index (χ3n) is 3.09. The minimum Gasteiger partial charge on any atom is -0.488 e. The highest BCUT2D eigenvalue weighted by atomic mass is 19.1. The van der Waals surface area contributed by atoms with E-state index in [1.54, 1.807) is 17.8 Å². The van der Waals surface area contributed by atoms with Crippen LogP contribution in [0.2, 0.25) is 0 Å². The van der Waals surface area contributed by atoms with Crippen molar-refractivity contribution in [2.24, 2.45) is 7.05 Å². The molecule has 0 atom stereocenters. The number of ether oxygens (including phenoxy) is 2. The third kappa shape index (κ3) is 1.68. The highest BCUT2D eigenvalue weighted by Crippen LogP contribution is 2.38. The maximum absolute atomic E-state index is 13.4. The molecular formula is C13H11FN2O3. The Morgan fingerprint density at radius 1 is 1.53 bits per heavy atom. The van der Waals surface area contributed by atoms with Crippen LogP contribution in [-0.2, 0) is 18.4 Å². The van der Waals surface area contributed by atoms with E-state index in [2.05, 4.69) is 9.84 Å². The van der Waals surface area contributed by atoms with Crippen LogP contribution in [0.25, 0.3) is 11.3 Å². The van der Waals surface area contributed by atoms with Gasteiger partial charge in [-0.2, -0.15) is 5.10 Å². The van der Waals surface area contributed by atoms with Gasteiger partial charge < -0.3 is 9.47 Å². The summed E-state index contributed by atoms with van der Waals surface area (Å²) in [6, 6.07) is 4.27. The lowest BCUT2D eigenvalue weighted by molar-refractivity contribution is 0.0590. The van der Waals surface area contributed by atoms with E-state index >= 15 is 0 Å². The summed E-state index contributed by atoms with van der Waals surface area (Å²) >= 11 is 0. The average Bonchev–Trinajstić information content (AvgIpc) is 2.75. The molecule has 5 nitrogen and oxygen atoms in total. The van der Waals surface area contributed by atoms with Crippen molar-refractivity contribution in [3.63, 3.8) is 0 Å². The van der Waals surface area contributed by atoms with E-state index in [0.29, 0.717) is 22.6 Å². The van der Waals surface area contributed by atoms with Gasteiger partial charge in [0.25, 0.3) is 0 Å². The molecule has 1 aliphatic rings. The summed E-state index contributed by atoms with van der Waals surface area (Å²) in [5.74, 6) is -0.315. The number of halogens is 1. The zero-order valence-electron chi connectivity index (χ0n) is 10.4. The second-order valence-corrected chi connectivity index (χ2v) is 4.22. The second kappa shape index (κ2) is 4.08. The number of nitrogens with zero attached hydrogens (tertiary/aromatic N) is 2. The van der Waals surface area contributed by atoms with Crippen LogP contribution in [0, 0.1) is 5.82 Å².